The minimum Gasteiger partial charge on any atom is -0.315 e. The summed E-state index contributed by atoms with van der Waals surface area (Å²) < 4.78 is 3.63. The first kappa shape index (κ1) is 10.7. The molecule has 0 amide bonds. The molecule has 0 radical (unpaired) electrons. The minimum absolute atomic E-state index is 0.00676. The van der Waals surface area contributed by atoms with Crippen molar-refractivity contribution in [2.24, 2.45) is 7.05 Å². The lowest BCUT2D eigenvalue weighted by atomic mass is 10.2. The molecular weight excluding hydrogens is 238 g/mol. The summed E-state index contributed by atoms with van der Waals surface area (Å²) in [6, 6.07) is 1.81. The molecule has 1 aliphatic heterocycles. The van der Waals surface area contributed by atoms with Crippen LogP contribution in [0.3, 0.4) is 0 Å². The second kappa shape index (κ2) is 3.82. The molecular formula is C11H13N3O2S. The van der Waals surface area contributed by atoms with Crippen LogP contribution in [0.4, 0.5) is 0 Å². The van der Waals surface area contributed by atoms with Gasteiger partial charge in [-0.15, -0.1) is 11.3 Å². The Morgan fingerprint density at radius 1 is 1.47 bits per heavy atom. The summed E-state index contributed by atoms with van der Waals surface area (Å²) in [6.45, 7) is 1.56. The van der Waals surface area contributed by atoms with E-state index in [1.807, 2.05) is 11.4 Å². The standard InChI is InChI=1S/C11H13N3O2S/c1-13-8-3-5-17-9(8)10(15)14(11(13)16)7-2-4-12-6-7/h3,5,7,12H,2,4,6H2,1H3/t7-/m0/s1. The van der Waals surface area contributed by atoms with Crippen LogP contribution in [0, 0.1) is 0 Å². The second-order valence-corrected chi connectivity index (χ2v) is 5.21. The molecule has 3 rings (SSSR count). The molecule has 90 valence electrons. The first-order chi connectivity index (χ1) is 8.20. The normalized spacial score (nSPS) is 20.2. The van der Waals surface area contributed by atoms with E-state index >= 15 is 0 Å². The van der Waals surface area contributed by atoms with E-state index in [-0.39, 0.29) is 17.3 Å². The van der Waals surface area contributed by atoms with E-state index in [1.165, 1.54) is 15.9 Å². The maximum absolute atomic E-state index is 12.3. The van der Waals surface area contributed by atoms with Crippen LogP contribution >= 0.6 is 11.3 Å². The lowest BCUT2D eigenvalue weighted by Gasteiger charge is -2.13. The number of aryl methyl sites for hydroxylation is 1. The zero-order valence-corrected chi connectivity index (χ0v) is 10.3. The Balaban J connectivity index is 2.37. The summed E-state index contributed by atoms with van der Waals surface area (Å²) in [7, 11) is 1.72. The Hall–Kier alpha value is -1.40. The highest BCUT2D eigenvalue weighted by Crippen LogP contribution is 2.17. The van der Waals surface area contributed by atoms with Gasteiger partial charge in [0.1, 0.15) is 4.70 Å². The van der Waals surface area contributed by atoms with Gasteiger partial charge < -0.3 is 5.32 Å². The quantitative estimate of drug-likeness (QED) is 0.793. The fraction of sp³-hybridized carbons (Fsp3) is 0.455. The predicted molar refractivity (Wildman–Crippen MR) is 67.8 cm³/mol. The van der Waals surface area contributed by atoms with Crippen LogP contribution in [0.2, 0.25) is 0 Å². The van der Waals surface area contributed by atoms with Crippen molar-refractivity contribution in [3.05, 3.63) is 32.3 Å². The number of aromatic nitrogens is 2. The van der Waals surface area contributed by atoms with E-state index in [9.17, 15) is 9.59 Å². The average Bonchev–Trinajstić information content (AvgIpc) is 2.97. The van der Waals surface area contributed by atoms with Gasteiger partial charge in [0.15, 0.2) is 0 Å². The van der Waals surface area contributed by atoms with Crippen molar-refractivity contribution < 1.29 is 0 Å². The van der Waals surface area contributed by atoms with Crippen molar-refractivity contribution in [2.75, 3.05) is 13.1 Å². The zero-order valence-electron chi connectivity index (χ0n) is 9.47. The minimum atomic E-state index is -0.213. The highest BCUT2D eigenvalue weighted by atomic mass is 32.1. The van der Waals surface area contributed by atoms with E-state index < -0.39 is 0 Å². The topological polar surface area (TPSA) is 56.0 Å². The molecule has 0 unspecified atom stereocenters. The van der Waals surface area contributed by atoms with Crippen LogP contribution in [-0.4, -0.2) is 22.2 Å². The largest absolute Gasteiger partial charge is 0.331 e. The van der Waals surface area contributed by atoms with Gasteiger partial charge in [-0.2, -0.15) is 0 Å². The highest BCUT2D eigenvalue weighted by molar-refractivity contribution is 7.17. The first-order valence-electron chi connectivity index (χ1n) is 5.59. The molecule has 1 aliphatic rings. The molecule has 1 N–H and O–H groups in total. The van der Waals surface area contributed by atoms with E-state index in [0.717, 1.165) is 18.5 Å². The Labute approximate surface area is 101 Å². The number of hydrogen-bond donors (Lipinski definition) is 1. The lowest BCUT2D eigenvalue weighted by Crippen LogP contribution is -2.41. The number of thiophene rings is 1. The summed E-state index contributed by atoms with van der Waals surface area (Å²) in [6.07, 6.45) is 0.839. The van der Waals surface area contributed by atoms with Crippen molar-refractivity contribution in [3.8, 4) is 0 Å². The molecule has 0 spiro atoms. The third-order valence-electron chi connectivity index (χ3n) is 3.31. The van der Waals surface area contributed by atoms with E-state index in [4.69, 9.17) is 0 Å². The van der Waals surface area contributed by atoms with Crippen LogP contribution < -0.4 is 16.6 Å². The molecule has 6 heteroatoms. The van der Waals surface area contributed by atoms with Gasteiger partial charge in [-0.25, -0.2) is 4.79 Å². The third-order valence-corrected chi connectivity index (χ3v) is 4.20. The number of fused-ring (bicyclic) bond motifs is 1. The third kappa shape index (κ3) is 1.48. The number of rotatable bonds is 1. The molecule has 2 aromatic heterocycles. The predicted octanol–water partition coefficient (Wildman–Crippen LogP) is 0.296. The second-order valence-electron chi connectivity index (χ2n) is 4.30. The maximum Gasteiger partial charge on any atom is 0.331 e. The number of hydrogen-bond acceptors (Lipinski definition) is 4. The average molecular weight is 251 g/mol. The summed E-state index contributed by atoms with van der Waals surface area (Å²) >= 11 is 1.40. The fourth-order valence-electron chi connectivity index (χ4n) is 2.37. The van der Waals surface area contributed by atoms with Gasteiger partial charge >= 0.3 is 5.69 Å². The van der Waals surface area contributed by atoms with Crippen LogP contribution in [0.1, 0.15) is 12.5 Å². The van der Waals surface area contributed by atoms with Crippen LogP contribution in [0.15, 0.2) is 21.0 Å². The fourth-order valence-corrected chi connectivity index (χ4v) is 3.23. The molecule has 3 heterocycles. The van der Waals surface area contributed by atoms with Gasteiger partial charge in [-0.05, 0) is 24.4 Å². The van der Waals surface area contributed by atoms with Crippen molar-refractivity contribution in [3.63, 3.8) is 0 Å². The van der Waals surface area contributed by atoms with Crippen molar-refractivity contribution >= 4 is 21.6 Å². The molecule has 17 heavy (non-hydrogen) atoms. The van der Waals surface area contributed by atoms with Gasteiger partial charge in [0.25, 0.3) is 5.56 Å². The molecule has 2 aromatic rings. The molecule has 1 atom stereocenters. The van der Waals surface area contributed by atoms with E-state index in [1.54, 1.807) is 11.6 Å². The summed E-state index contributed by atoms with van der Waals surface area (Å²) in [5.74, 6) is 0. The smallest absolute Gasteiger partial charge is 0.315 e. The Kier molecular flexibility index (Phi) is 2.41. The van der Waals surface area contributed by atoms with E-state index in [0.29, 0.717) is 11.2 Å². The van der Waals surface area contributed by atoms with Crippen LogP contribution in [0.25, 0.3) is 10.2 Å². The molecule has 0 bridgehead atoms. The molecule has 0 aliphatic carbocycles. The van der Waals surface area contributed by atoms with E-state index in [2.05, 4.69) is 5.32 Å². The molecule has 0 aromatic carbocycles. The molecule has 5 nitrogen and oxygen atoms in total. The van der Waals surface area contributed by atoms with Crippen molar-refractivity contribution in [1.82, 2.24) is 14.5 Å². The molecule has 1 fully saturated rings. The van der Waals surface area contributed by atoms with Crippen molar-refractivity contribution in [1.29, 1.82) is 0 Å². The van der Waals surface area contributed by atoms with Gasteiger partial charge in [-0.3, -0.25) is 13.9 Å². The molecule has 1 saturated heterocycles. The Morgan fingerprint density at radius 3 is 3.00 bits per heavy atom. The SMILES string of the molecule is Cn1c(=O)n([C@H]2CCNC2)c(=O)c2sccc21. The first-order valence-corrected chi connectivity index (χ1v) is 6.47. The van der Waals surface area contributed by atoms with Gasteiger partial charge in [0.05, 0.1) is 11.6 Å². The van der Waals surface area contributed by atoms with Gasteiger partial charge in [0.2, 0.25) is 0 Å². The monoisotopic (exact) mass is 251 g/mol. The van der Waals surface area contributed by atoms with Gasteiger partial charge in [0, 0.05) is 13.6 Å². The van der Waals surface area contributed by atoms with Crippen LogP contribution in [0.5, 0.6) is 0 Å². The zero-order chi connectivity index (χ0) is 12.0. The Bertz CT molecular complexity index is 676. The Morgan fingerprint density at radius 2 is 2.29 bits per heavy atom. The van der Waals surface area contributed by atoms with Gasteiger partial charge in [-0.1, -0.05) is 0 Å². The van der Waals surface area contributed by atoms with Crippen molar-refractivity contribution in [2.45, 2.75) is 12.5 Å². The highest BCUT2D eigenvalue weighted by Gasteiger charge is 2.22. The summed E-state index contributed by atoms with van der Waals surface area (Å²) in [5, 5.41) is 5.03. The maximum atomic E-state index is 12.3. The van der Waals surface area contributed by atoms with Crippen LogP contribution in [-0.2, 0) is 7.05 Å². The number of nitrogens with zero attached hydrogens (tertiary/aromatic N) is 2. The molecule has 0 saturated carbocycles. The summed E-state index contributed by atoms with van der Waals surface area (Å²) in [4.78, 5) is 24.5. The number of nitrogens with one attached hydrogen (secondary N) is 1. The lowest BCUT2D eigenvalue weighted by molar-refractivity contribution is 0.494. The summed E-state index contributed by atoms with van der Waals surface area (Å²) in [5.41, 5.74) is 0.369.